The Labute approximate surface area is 176 Å². The van der Waals surface area contributed by atoms with Gasteiger partial charge in [0.25, 0.3) is 5.91 Å². The minimum atomic E-state index is 0.0512. The van der Waals surface area contributed by atoms with Crippen molar-refractivity contribution in [2.45, 2.75) is 32.9 Å². The summed E-state index contributed by atoms with van der Waals surface area (Å²) in [4.78, 5) is 27.9. The molecule has 0 aliphatic carbocycles. The van der Waals surface area contributed by atoms with Crippen LogP contribution in [0.1, 0.15) is 29.8 Å². The summed E-state index contributed by atoms with van der Waals surface area (Å²) in [6, 6.07) is 12.0. The predicted molar refractivity (Wildman–Crippen MR) is 118 cm³/mol. The molecule has 1 aromatic carbocycles. The molecule has 2 N–H and O–H groups in total. The molecule has 7 heteroatoms. The van der Waals surface area contributed by atoms with Gasteiger partial charge in [0.05, 0.1) is 5.69 Å². The monoisotopic (exact) mass is 402 g/mol. The van der Waals surface area contributed by atoms with E-state index < -0.39 is 0 Å². The first-order valence-corrected chi connectivity index (χ1v) is 10.2. The van der Waals surface area contributed by atoms with Crippen LogP contribution in [0.25, 0.3) is 11.3 Å². The van der Waals surface area contributed by atoms with E-state index in [0.717, 1.165) is 22.5 Å². The summed E-state index contributed by atoms with van der Waals surface area (Å²) in [7, 11) is 0. The zero-order valence-corrected chi connectivity index (χ0v) is 17.5. The second kappa shape index (κ2) is 8.59. The van der Waals surface area contributed by atoms with Crippen molar-refractivity contribution in [2.24, 2.45) is 0 Å². The lowest BCUT2D eigenvalue weighted by molar-refractivity contribution is 0.0674. The molecule has 4 rings (SSSR count). The third kappa shape index (κ3) is 4.31. The summed E-state index contributed by atoms with van der Waals surface area (Å²) in [5.41, 5.74) is 4.22. The van der Waals surface area contributed by atoms with Crippen molar-refractivity contribution in [3.63, 3.8) is 0 Å². The minimum Gasteiger partial charge on any atom is -0.339 e. The quantitative estimate of drug-likeness (QED) is 0.696. The number of aryl methyl sites for hydroxylation is 1. The maximum Gasteiger partial charge on any atom is 0.254 e. The Morgan fingerprint density at radius 3 is 2.63 bits per heavy atom. The van der Waals surface area contributed by atoms with E-state index in [0.29, 0.717) is 24.5 Å². The molecule has 0 spiro atoms. The lowest BCUT2D eigenvalue weighted by Crippen LogP contribution is -2.55. The second-order valence-electron chi connectivity index (χ2n) is 7.83. The maximum absolute atomic E-state index is 13.1. The zero-order valence-electron chi connectivity index (χ0n) is 17.5. The number of piperazine rings is 1. The highest BCUT2D eigenvalue weighted by atomic mass is 16.2. The van der Waals surface area contributed by atoms with E-state index in [-0.39, 0.29) is 18.0 Å². The molecule has 1 amide bonds. The Morgan fingerprint density at radius 2 is 1.90 bits per heavy atom. The number of hydrogen-bond donors (Lipinski definition) is 2. The van der Waals surface area contributed by atoms with Crippen LogP contribution in [0.4, 0.5) is 11.5 Å². The topological polar surface area (TPSA) is 83.0 Å². The van der Waals surface area contributed by atoms with Crippen LogP contribution < -0.4 is 10.6 Å². The van der Waals surface area contributed by atoms with E-state index >= 15 is 0 Å². The van der Waals surface area contributed by atoms with Crippen molar-refractivity contribution in [2.75, 3.05) is 18.4 Å². The molecule has 30 heavy (non-hydrogen) atoms. The third-order valence-electron chi connectivity index (χ3n) is 5.25. The van der Waals surface area contributed by atoms with Crippen LogP contribution in [0.15, 0.2) is 55.1 Å². The van der Waals surface area contributed by atoms with Gasteiger partial charge in [0.2, 0.25) is 0 Å². The molecule has 0 saturated carbocycles. The molecule has 3 heterocycles. The van der Waals surface area contributed by atoms with Gasteiger partial charge in [-0.25, -0.2) is 15.0 Å². The van der Waals surface area contributed by atoms with Crippen molar-refractivity contribution in [1.82, 2.24) is 25.2 Å². The van der Waals surface area contributed by atoms with E-state index in [1.165, 1.54) is 6.33 Å². The number of carbonyl (C=O) groups is 1. The smallest absolute Gasteiger partial charge is 0.254 e. The van der Waals surface area contributed by atoms with Gasteiger partial charge in [-0.2, -0.15) is 0 Å². The van der Waals surface area contributed by atoms with E-state index in [1.807, 2.05) is 48.2 Å². The number of aromatic nitrogens is 3. The third-order valence-corrected chi connectivity index (χ3v) is 5.25. The molecule has 7 nitrogen and oxygen atoms in total. The molecule has 1 aliphatic rings. The van der Waals surface area contributed by atoms with Crippen molar-refractivity contribution in [3.8, 4) is 11.3 Å². The fourth-order valence-electron chi connectivity index (χ4n) is 3.85. The molecule has 2 aromatic heterocycles. The number of nitrogens with one attached hydrogen (secondary N) is 2. The lowest BCUT2D eigenvalue weighted by Gasteiger charge is -2.36. The molecular weight excluding hydrogens is 376 g/mol. The van der Waals surface area contributed by atoms with Crippen LogP contribution in [-0.4, -0.2) is 50.9 Å². The average Bonchev–Trinajstić information content (AvgIpc) is 2.75. The van der Waals surface area contributed by atoms with Crippen LogP contribution in [-0.2, 0) is 0 Å². The maximum atomic E-state index is 13.1. The number of rotatable bonds is 4. The lowest BCUT2D eigenvalue weighted by atomic mass is 10.1. The Morgan fingerprint density at radius 1 is 1.10 bits per heavy atom. The summed E-state index contributed by atoms with van der Waals surface area (Å²) in [5.74, 6) is 0.739. The summed E-state index contributed by atoms with van der Waals surface area (Å²) < 4.78 is 0. The van der Waals surface area contributed by atoms with Crippen LogP contribution in [0.3, 0.4) is 0 Å². The SMILES string of the molecule is Cc1ccc(C(=O)N2C[C@@H](C)N[C@@H](C)C2)cc1Nc1ncccc1-c1ccncn1. The van der Waals surface area contributed by atoms with Crippen LogP contribution in [0.5, 0.6) is 0 Å². The van der Waals surface area contributed by atoms with Crippen LogP contribution >= 0.6 is 0 Å². The summed E-state index contributed by atoms with van der Waals surface area (Å²) >= 11 is 0. The Balaban J connectivity index is 1.62. The largest absolute Gasteiger partial charge is 0.339 e. The number of amides is 1. The second-order valence-corrected chi connectivity index (χ2v) is 7.83. The number of nitrogens with zero attached hydrogens (tertiary/aromatic N) is 4. The van der Waals surface area contributed by atoms with Gasteiger partial charge in [-0.3, -0.25) is 4.79 Å². The molecule has 2 atom stereocenters. The van der Waals surface area contributed by atoms with Crippen molar-refractivity contribution < 1.29 is 4.79 Å². The molecule has 1 saturated heterocycles. The van der Waals surface area contributed by atoms with E-state index in [4.69, 9.17) is 0 Å². The highest BCUT2D eigenvalue weighted by Gasteiger charge is 2.25. The van der Waals surface area contributed by atoms with E-state index in [1.54, 1.807) is 12.4 Å². The van der Waals surface area contributed by atoms with Crippen LogP contribution in [0, 0.1) is 6.92 Å². The first kappa shape index (κ1) is 20.0. The van der Waals surface area contributed by atoms with Crippen LogP contribution in [0.2, 0.25) is 0 Å². The van der Waals surface area contributed by atoms with Gasteiger partial charge in [-0.1, -0.05) is 6.07 Å². The minimum absolute atomic E-state index is 0.0512. The summed E-state index contributed by atoms with van der Waals surface area (Å²) in [6.45, 7) is 7.64. The normalized spacial score (nSPS) is 18.8. The molecule has 0 radical (unpaired) electrons. The Hall–Kier alpha value is -3.32. The highest BCUT2D eigenvalue weighted by Crippen LogP contribution is 2.28. The van der Waals surface area contributed by atoms with Gasteiger partial charge in [0.1, 0.15) is 12.1 Å². The number of carbonyl (C=O) groups excluding carboxylic acids is 1. The molecule has 3 aromatic rings. The van der Waals surface area contributed by atoms with Gasteiger partial charge in [-0.15, -0.1) is 0 Å². The molecule has 154 valence electrons. The number of benzene rings is 1. The Kier molecular flexibility index (Phi) is 5.72. The molecule has 0 unspecified atom stereocenters. The van der Waals surface area contributed by atoms with Gasteiger partial charge >= 0.3 is 0 Å². The molecule has 1 aliphatic heterocycles. The summed E-state index contributed by atoms with van der Waals surface area (Å²) in [6.07, 6.45) is 4.96. The fourth-order valence-corrected chi connectivity index (χ4v) is 3.85. The van der Waals surface area contributed by atoms with Crippen molar-refractivity contribution in [1.29, 1.82) is 0 Å². The number of pyridine rings is 1. The van der Waals surface area contributed by atoms with Gasteiger partial charge in [0.15, 0.2) is 0 Å². The first-order chi connectivity index (χ1) is 14.5. The number of hydrogen-bond acceptors (Lipinski definition) is 6. The Bertz CT molecular complexity index is 1030. The molecular formula is C23H26N6O. The average molecular weight is 403 g/mol. The fraction of sp³-hybridized carbons (Fsp3) is 0.304. The zero-order chi connectivity index (χ0) is 21.1. The first-order valence-electron chi connectivity index (χ1n) is 10.2. The number of anilines is 2. The van der Waals surface area contributed by atoms with E-state index in [2.05, 4.69) is 39.4 Å². The summed E-state index contributed by atoms with van der Waals surface area (Å²) in [5, 5.41) is 6.87. The van der Waals surface area contributed by atoms with Gasteiger partial charge in [0, 0.05) is 54.4 Å². The van der Waals surface area contributed by atoms with Crippen molar-refractivity contribution in [3.05, 3.63) is 66.2 Å². The van der Waals surface area contributed by atoms with Crippen molar-refractivity contribution >= 4 is 17.4 Å². The molecule has 0 bridgehead atoms. The molecule has 1 fully saturated rings. The predicted octanol–water partition coefficient (Wildman–Crippen LogP) is 3.41. The van der Waals surface area contributed by atoms with Gasteiger partial charge in [-0.05, 0) is 56.7 Å². The highest BCUT2D eigenvalue weighted by molar-refractivity contribution is 5.96. The standard InChI is InChI=1S/C23H26N6O/c1-15-6-7-18(23(30)29-12-16(2)27-17(3)13-29)11-21(15)28-22-19(5-4-9-25-22)20-8-10-24-14-26-20/h4-11,14,16-17,27H,12-13H2,1-3H3,(H,25,28)/t16-,17+. The van der Waals surface area contributed by atoms with E-state index in [9.17, 15) is 4.79 Å². The van der Waals surface area contributed by atoms with Gasteiger partial charge < -0.3 is 15.5 Å².